The van der Waals surface area contributed by atoms with Crippen molar-refractivity contribution < 1.29 is 31.5 Å². The highest BCUT2D eigenvalue weighted by Gasteiger charge is 2.26. The molecule has 0 saturated heterocycles. The minimum absolute atomic E-state index is 0.222. The van der Waals surface area contributed by atoms with E-state index in [2.05, 4.69) is 4.98 Å². The van der Waals surface area contributed by atoms with Gasteiger partial charge in [-0.15, -0.1) is 0 Å². The van der Waals surface area contributed by atoms with Gasteiger partial charge >= 0.3 is 6.43 Å². The van der Waals surface area contributed by atoms with Crippen molar-refractivity contribution in [3.8, 4) is 11.1 Å². The maximum Gasteiger partial charge on any atom is 0.315 e. The number of amides is 1. The number of hydrogen-bond donors (Lipinski definition) is 3. The highest BCUT2D eigenvalue weighted by atomic mass is 32.2. The van der Waals surface area contributed by atoms with Crippen LogP contribution in [0.5, 0.6) is 0 Å². The van der Waals surface area contributed by atoms with Gasteiger partial charge in [0.2, 0.25) is 10.0 Å². The first kappa shape index (κ1) is 21.8. The van der Waals surface area contributed by atoms with Crippen LogP contribution in [0.25, 0.3) is 11.1 Å². The van der Waals surface area contributed by atoms with E-state index in [0.717, 1.165) is 0 Å². The summed E-state index contributed by atoms with van der Waals surface area (Å²) in [6.45, 7) is -1.23. The largest absolute Gasteiger partial charge is 0.386 e. The van der Waals surface area contributed by atoms with Crippen LogP contribution in [-0.2, 0) is 20.6 Å². The second-order valence-electron chi connectivity index (χ2n) is 5.98. The Morgan fingerprint density at radius 3 is 2.21 bits per heavy atom. The zero-order valence-electron chi connectivity index (χ0n) is 14.4. The number of hydrogen-bond acceptors (Lipinski definition) is 5. The van der Waals surface area contributed by atoms with E-state index in [-0.39, 0.29) is 11.3 Å². The molecule has 1 heterocycles. The molecule has 2 rings (SSSR count). The number of carbonyl (C=O) groups excluding carboxylic acids is 1. The van der Waals surface area contributed by atoms with E-state index in [1.165, 1.54) is 24.4 Å². The number of aromatic nitrogens is 1. The van der Waals surface area contributed by atoms with Gasteiger partial charge in [-0.2, -0.15) is 8.78 Å². The normalized spacial score (nSPS) is 13.9. The quantitative estimate of drug-likeness (QED) is 0.597. The molecular weight excluding hydrogens is 399 g/mol. The fraction of sp³-hybridized carbons (Fsp3) is 0.294. The first-order valence-electron chi connectivity index (χ1n) is 7.99. The van der Waals surface area contributed by atoms with E-state index in [9.17, 15) is 31.5 Å². The van der Waals surface area contributed by atoms with Gasteiger partial charge in [0, 0.05) is 11.8 Å². The van der Waals surface area contributed by atoms with Crippen molar-refractivity contribution in [1.82, 2.24) is 10.3 Å². The van der Waals surface area contributed by atoms with Crippen LogP contribution in [-0.4, -0.2) is 43.6 Å². The van der Waals surface area contributed by atoms with Crippen LogP contribution in [0.4, 0.5) is 13.2 Å². The number of nitrogens with two attached hydrogens (primary N) is 1. The lowest BCUT2D eigenvalue weighted by Crippen LogP contribution is -2.43. The number of rotatable bonds is 8. The van der Waals surface area contributed by atoms with Gasteiger partial charge in [0.25, 0.3) is 5.91 Å². The smallest absolute Gasteiger partial charge is 0.315 e. The number of halogens is 3. The Hall–Kier alpha value is -2.50. The number of primary sulfonamides is 1. The number of nitrogens with zero attached hydrogens (tertiary/aromatic N) is 1. The summed E-state index contributed by atoms with van der Waals surface area (Å²) in [7, 11) is -3.69. The number of carbonyl (C=O) groups is 1. The molecule has 2 aromatic rings. The molecule has 0 aliphatic heterocycles. The molecule has 0 spiro atoms. The highest BCUT2D eigenvalue weighted by Crippen LogP contribution is 2.24. The van der Waals surface area contributed by atoms with Crippen molar-refractivity contribution in [3.05, 3.63) is 53.9 Å². The van der Waals surface area contributed by atoms with Gasteiger partial charge in [0.15, 0.2) is 0 Å². The third-order valence-electron chi connectivity index (χ3n) is 3.83. The Labute approximate surface area is 159 Å². The average Bonchev–Trinajstić information content (AvgIpc) is 2.64. The fourth-order valence-corrected chi connectivity index (χ4v) is 3.02. The second kappa shape index (κ2) is 9.13. The Kier molecular flexibility index (Phi) is 7.11. The molecule has 0 aliphatic rings. The summed E-state index contributed by atoms with van der Waals surface area (Å²) in [5.41, 5.74) is 1.81. The number of aliphatic hydroxyl groups is 1. The Balaban J connectivity index is 2.12. The topological polar surface area (TPSA) is 122 Å². The Morgan fingerprint density at radius 2 is 1.75 bits per heavy atom. The van der Waals surface area contributed by atoms with E-state index < -0.39 is 46.9 Å². The lowest BCUT2D eigenvalue weighted by atomic mass is 9.99. The van der Waals surface area contributed by atoms with E-state index in [0.29, 0.717) is 11.1 Å². The van der Waals surface area contributed by atoms with Crippen molar-refractivity contribution in [1.29, 1.82) is 0 Å². The molecule has 4 N–H and O–H groups in total. The SMILES string of the molecule is NS(=O)(=O)Cc1ccc(-c2ccc([C@@H](O)[C@@H](CF)NC(=O)C(F)F)cc2)cn1. The van der Waals surface area contributed by atoms with Crippen molar-refractivity contribution in [2.24, 2.45) is 5.14 Å². The van der Waals surface area contributed by atoms with Crippen LogP contribution in [0.15, 0.2) is 42.6 Å². The van der Waals surface area contributed by atoms with E-state index in [4.69, 9.17) is 5.14 Å². The third kappa shape index (κ3) is 6.01. The predicted octanol–water partition coefficient (Wildman–Crippen LogP) is 1.29. The zero-order valence-corrected chi connectivity index (χ0v) is 15.2. The summed E-state index contributed by atoms with van der Waals surface area (Å²) in [5, 5.41) is 16.8. The van der Waals surface area contributed by atoms with Crippen molar-refractivity contribution in [2.75, 3.05) is 6.67 Å². The molecule has 1 amide bonds. The zero-order chi connectivity index (χ0) is 20.9. The Bertz CT molecular complexity index is 906. The number of nitrogens with one attached hydrogen (secondary N) is 1. The van der Waals surface area contributed by atoms with Crippen molar-refractivity contribution in [2.45, 2.75) is 24.3 Å². The van der Waals surface area contributed by atoms with Gasteiger partial charge in [-0.05, 0) is 17.2 Å². The molecule has 0 saturated carbocycles. The summed E-state index contributed by atoms with van der Waals surface area (Å²) in [5.74, 6) is -2.06. The summed E-state index contributed by atoms with van der Waals surface area (Å²) in [4.78, 5) is 15.0. The maximum atomic E-state index is 13.0. The van der Waals surface area contributed by atoms with Crippen LogP contribution < -0.4 is 10.5 Å². The van der Waals surface area contributed by atoms with Crippen LogP contribution in [0.2, 0.25) is 0 Å². The molecular formula is C17H18F3N3O4S. The first-order chi connectivity index (χ1) is 13.1. The molecule has 11 heteroatoms. The van der Waals surface area contributed by atoms with E-state index in [1.807, 2.05) is 0 Å². The van der Waals surface area contributed by atoms with Gasteiger partial charge < -0.3 is 10.4 Å². The van der Waals surface area contributed by atoms with Crippen LogP contribution in [0.1, 0.15) is 17.4 Å². The molecule has 0 aliphatic carbocycles. The van der Waals surface area contributed by atoms with Gasteiger partial charge in [-0.3, -0.25) is 9.78 Å². The number of alkyl halides is 3. The van der Waals surface area contributed by atoms with Gasteiger partial charge in [-0.1, -0.05) is 30.3 Å². The third-order valence-corrected chi connectivity index (χ3v) is 4.53. The molecule has 1 aromatic heterocycles. The van der Waals surface area contributed by atoms with E-state index >= 15 is 0 Å². The molecule has 0 fully saturated rings. The van der Waals surface area contributed by atoms with Crippen LogP contribution >= 0.6 is 0 Å². The van der Waals surface area contributed by atoms with Crippen molar-refractivity contribution >= 4 is 15.9 Å². The number of aliphatic hydroxyl groups excluding tert-OH is 1. The summed E-state index contributed by atoms with van der Waals surface area (Å²) in [6.07, 6.45) is -3.38. The molecule has 7 nitrogen and oxygen atoms in total. The number of pyridine rings is 1. The molecule has 0 radical (unpaired) electrons. The van der Waals surface area contributed by atoms with E-state index in [1.54, 1.807) is 23.5 Å². The number of benzene rings is 1. The molecule has 152 valence electrons. The first-order valence-corrected chi connectivity index (χ1v) is 9.70. The maximum absolute atomic E-state index is 13.0. The molecule has 2 atom stereocenters. The summed E-state index contributed by atoms with van der Waals surface area (Å²) < 4.78 is 59.7. The van der Waals surface area contributed by atoms with Crippen LogP contribution in [0, 0.1) is 0 Å². The second-order valence-corrected chi connectivity index (χ2v) is 7.60. The minimum Gasteiger partial charge on any atom is -0.386 e. The van der Waals surface area contributed by atoms with Gasteiger partial charge in [0.05, 0.1) is 11.7 Å². The average molecular weight is 417 g/mol. The highest BCUT2D eigenvalue weighted by molar-refractivity contribution is 7.88. The van der Waals surface area contributed by atoms with Crippen LogP contribution in [0.3, 0.4) is 0 Å². The lowest BCUT2D eigenvalue weighted by molar-refractivity contribution is -0.133. The molecule has 0 unspecified atom stereocenters. The van der Waals surface area contributed by atoms with Gasteiger partial charge in [-0.25, -0.2) is 17.9 Å². The molecule has 1 aromatic carbocycles. The molecule has 28 heavy (non-hydrogen) atoms. The minimum atomic E-state index is -3.69. The summed E-state index contributed by atoms with van der Waals surface area (Å²) >= 11 is 0. The standard InChI is InChI=1S/C17H18F3N3O4S/c18-7-14(23-17(25)16(19)20)15(24)11-3-1-10(2-4-11)12-5-6-13(22-8-12)9-28(21,26)27/h1-6,8,14-16,24H,7,9H2,(H,23,25)(H2,21,26,27)/t14-,15-/m1/s1. The fourth-order valence-electron chi connectivity index (χ4n) is 2.44. The Morgan fingerprint density at radius 1 is 1.14 bits per heavy atom. The summed E-state index contributed by atoms with van der Waals surface area (Å²) in [6, 6.07) is 7.70. The lowest BCUT2D eigenvalue weighted by Gasteiger charge is -2.22. The number of sulfonamides is 1. The predicted molar refractivity (Wildman–Crippen MR) is 95.4 cm³/mol. The monoisotopic (exact) mass is 417 g/mol. The van der Waals surface area contributed by atoms with Gasteiger partial charge in [0.1, 0.15) is 18.5 Å². The molecule has 0 bridgehead atoms. The van der Waals surface area contributed by atoms with Crippen molar-refractivity contribution in [3.63, 3.8) is 0 Å².